The number of non-ortho nitro benzene ring substituents is 1. The fourth-order valence-corrected chi connectivity index (χ4v) is 2.14. The average molecular weight is 310 g/mol. The molecule has 0 amide bonds. The van der Waals surface area contributed by atoms with E-state index < -0.39 is 4.92 Å². The summed E-state index contributed by atoms with van der Waals surface area (Å²) < 4.78 is 6.41. The van der Waals surface area contributed by atoms with Gasteiger partial charge in [-0.3, -0.25) is 19.5 Å². The highest BCUT2D eigenvalue weighted by Gasteiger charge is 2.12. The number of halogens is 1. The summed E-state index contributed by atoms with van der Waals surface area (Å²) in [6.45, 7) is 1.79. The van der Waals surface area contributed by atoms with Crippen molar-refractivity contribution >= 4 is 17.3 Å². The number of aryl methyl sites for hydroxylation is 1. The van der Waals surface area contributed by atoms with E-state index in [-0.39, 0.29) is 22.9 Å². The predicted molar refractivity (Wildman–Crippen MR) is 77.0 cm³/mol. The Bertz CT molecular complexity index is 758. The number of nitro benzene ring substituents is 1. The zero-order valence-electron chi connectivity index (χ0n) is 11.4. The zero-order chi connectivity index (χ0) is 15.6. The second-order valence-corrected chi connectivity index (χ2v) is 4.73. The van der Waals surface area contributed by atoms with Crippen molar-refractivity contribution in [3.05, 3.63) is 61.3 Å². The molecule has 0 N–H and O–H groups in total. The van der Waals surface area contributed by atoms with Crippen molar-refractivity contribution in [2.75, 3.05) is 7.11 Å². The quantitative estimate of drug-likeness (QED) is 0.490. The van der Waals surface area contributed by atoms with Crippen molar-refractivity contribution in [2.24, 2.45) is 0 Å². The highest BCUT2D eigenvalue weighted by atomic mass is 35.5. The van der Waals surface area contributed by atoms with E-state index in [9.17, 15) is 14.9 Å². The molecule has 1 aromatic heterocycles. The molecule has 0 radical (unpaired) electrons. The number of rotatable bonds is 4. The average Bonchev–Trinajstić information content (AvgIpc) is 2.42. The summed E-state index contributed by atoms with van der Waals surface area (Å²) in [5.74, 6) is 0.782. The van der Waals surface area contributed by atoms with Crippen LogP contribution < -0.4 is 10.3 Å². The zero-order valence-corrected chi connectivity index (χ0v) is 12.1. The standard InChI is InChI=1S/C13H12ClN3O4/c1-8-15-12(14)6-13(18)16(8)7-9-3-10(17(19)20)5-11(4-9)21-2/h3-6H,7H2,1-2H3. The van der Waals surface area contributed by atoms with Crippen LogP contribution >= 0.6 is 11.6 Å². The van der Waals surface area contributed by atoms with E-state index in [4.69, 9.17) is 16.3 Å². The molecule has 7 nitrogen and oxygen atoms in total. The van der Waals surface area contributed by atoms with Crippen molar-refractivity contribution < 1.29 is 9.66 Å². The van der Waals surface area contributed by atoms with Gasteiger partial charge in [0.25, 0.3) is 11.2 Å². The maximum atomic E-state index is 11.9. The first-order valence-electron chi connectivity index (χ1n) is 5.97. The smallest absolute Gasteiger partial charge is 0.273 e. The molecule has 0 saturated heterocycles. The third kappa shape index (κ3) is 3.38. The van der Waals surface area contributed by atoms with Gasteiger partial charge in [0.15, 0.2) is 0 Å². The fourth-order valence-electron chi connectivity index (χ4n) is 1.92. The van der Waals surface area contributed by atoms with Crippen LogP contribution in [0.25, 0.3) is 0 Å². The lowest BCUT2D eigenvalue weighted by molar-refractivity contribution is -0.385. The molecule has 0 atom stereocenters. The molecule has 0 fully saturated rings. The lowest BCUT2D eigenvalue weighted by atomic mass is 10.2. The minimum Gasteiger partial charge on any atom is -0.496 e. The Kier molecular flexibility index (Phi) is 4.23. The van der Waals surface area contributed by atoms with Gasteiger partial charge in [0.1, 0.15) is 16.7 Å². The topological polar surface area (TPSA) is 87.3 Å². The number of benzene rings is 1. The first-order chi connectivity index (χ1) is 9.90. The molecule has 0 unspecified atom stereocenters. The van der Waals surface area contributed by atoms with Gasteiger partial charge in [-0.25, -0.2) is 4.98 Å². The molecule has 0 saturated carbocycles. The summed E-state index contributed by atoms with van der Waals surface area (Å²) in [5.41, 5.74) is 0.144. The van der Waals surface area contributed by atoms with E-state index in [1.807, 2.05) is 0 Å². The molecule has 0 aliphatic carbocycles. The minimum absolute atomic E-state index is 0.100. The Hall–Kier alpha value is -2.41. The van der Waals surface area contributed by atoms with Gasteiger partial charge in [0, 0.05) is 12.1 Å². The van der Waals surface area contributed by atoms with E-state index in [0.717, 1.165) is 0 Å². The van der Waals surface area contributed by atoms with Crippen molar-refractivity contribution in [3.63, 3.8) is 0 Å². The molecular formula is C13H12ClN3O4. The van der Waals surface area contributed by atoms with Crippen LogP contribution in [0.5, 0.6) is 5.75 Å². The maximum absolute atomic E-state index is 11.9. The molecule has 1 aromatic carbocycles. The largest absolute Gasteiger partial charge is 0.496 e. The molecule has 0 aliphatic rings. The van der Waals surface area contributed by atoms with Gasteiger partial charge in [-0.15, -0.1) is 0 Å². The van der Waals surface area contributed by atoms with Crippen LogP contribution in [0, 0.1) is 17.0 Å². The lowest BCUT2D eigenvalue weighted by Gasteiger charge is -2.10. The lowest BCUT2D eigenvalue weighted by Crippen LogP contribution is -2.23. The van der Waals surface area contributed by atoms with Crippen LogP contribution in [0.4, 0.5) is 5.69 Å². The van der Waals surface area contributed by atoms with Gasteiger partial charge < -0.3 is 4.74 Å². The normalized spacial score (nSPS) is 10.4. The molecule has 0 spiro atoms. The second kappa shape index (κ2) is 5.92. The number of methoxy groups -OCH3 is 1. The molecule has 2 aromatic rings. The van der Waals surface area contributed by atoms with Gasteiger partial charge in [-0.05, 0) is 18.6 Å². The molecular weight excluding hydrogens is 298 g/mol. The first-order valence-corrected chi connectivity index (χ1v) is 6.35. The fraction of sp³-hybridized carbons (Fsp3) is 0.231. The first kappa shape index (κ1) is 15.0. The highest BCUT2D eigenvalue weighted by Crippen LogP contribution is 2.23. The van der Waals surface area contributed by atoms with Crippen LogP contribution in [-0.2, 0) is 6.54 Å². The molecule has 21 heavy (non-hydrogen) atoms. The Morgan fingerprint density at radius 2 is 2.10 bits per heavy atom. The number of aromatic nitrogens is 2. The van der Waals surface area contributed by atoms with Crippen LogP contribution in [0.1, 0.15) is 11.4 Å². The van der Waals surface area contributed by atoms with E-state index in [0.29, 0.717) is 17.1 Å². The van der Waals surface area contributed by atoms with Gasteiger partial charge >= 0.3 is 0 Å². The molecule has 110 valence electrons. The summed E-state index contributed by atoms with van der Waals surface area (Å²) in [4.78, 5) is 26.3. The Balaban J connectivity index is 2.47. The van der Waals surface area contributed by atoms with Gasteiger partial charge in [0.2, 0.25) is 0 Å². The Labute approximate surface area is 124 Å². The van der Waals surface area contributed by atoms with Crippen LogP contribution in [-0.4, -0.2) is 21.6 Å². The summed E-state index contributed by atoms with van der Waals surface area (Å²) in [6, 6.07) is 5.54. The molecule has 1 heterocycles. The van der Waals surface area contributed by atoms with Crippen LogP contribution in [0.15, 0.2) is 29.1 Å². The van der Waals surface area contributed by atoms with E-state index >= 15 is 0 Å². The molecule has 0 aliphatic heterocycles. The van der Waals surface area contributed by atoms with Crippen molar-refractivity contribution in [3.8, 4) is 5.75 Å². The number of ether oxygens (including phenoxy) is 1. The highest BCUT2D eigenvalue weighted by molar-refractivity contribution is 6.29. The predicted octanol–water partition coefficient (Wildman–Crippen LogP) is 2.17. The number of nitrogens with zero attached hydrogens (tertiary/aromatic N) is 3. The van der Waals surface area contributed by atoms with E-state index in [1.54, 1.807) is 13.0 Å². The van der Waals surface area contributed by atoms with Gasteiger partial charge in [0.05, 0.1) is 24.6 Å². The number of nitro groups is 1. The van der Waals surface area contributed by atoms with Gasteiger partial charge in [-0.1, -0.05) is 11.6 Å². The molecule has 8 heteroatoms. The van der Waals surface area contributed by atoms with E-state index in [2.05, 4.69) is 4.98 Å². The number of hydrogen-bond donors (Lipinski definition) is 0. The monoisotopic (exact) mass is 309 g/mol. The second-order valence-electron chi connectivity index (χ2n) is 4.35. The Morgan fingerprint density at radius 1 is 1.38 bits per heavy atom. The van der Waals surface area contributed by atoms with Crippen LogP contribution in [0.2, 0.25) is 5.15 Å². The molecule has 0 bridgehead atoms. The Morgan fingerprint density at radius 3 is 2.67 bits per heavy atom. The summed E-state index contributed by atoms with van der Waals surface area (Å²) >= 11 is 5.71. The van der Waals surface area contributed by atoms with E-state index in [1.165, 1.54) is 29.9 Å². The van der Waals surface area contributed by atoms with Crippen molar-refractivity contribution in [1.82, 2.24) is 9.55 Å². The van der Waals surface area contributed by atoms with Crippen molar-refractivity contribution in [2.45, 2.75) is 13.5 Å². The third-order valence-electron chi connectivity index (χ3n) is 2.91. The third-order valence-corrected chi connectivity index (χ3v) is 3.10. The van der Waals surface area contributed by atoms with Crippen molar-refractivity contribution in [1.29, 1.82) is 0 Å². The summed E-state index contributed by atoms with van der Waals surface area (Å²) in [5, 5.41) is 11.0. The van der Waals surface area contributed by atoms with Crippen LogP contribution in [0.3, 0.4) is 0 Å². The minimum atomic E-state index is -0.512. The maximum Gasteiger partial charge on any atom is 0.273 e. The SMILES string of the molecule is COc1cc(Cn2c(C)nc(Cl)cc2=O)cc([N+](=O)[O-])c1. The molecule has 2 rings (SSSR count). The number of hydrogen-bond acceptors (Lipinski definition) is 5. The van der Waals surface area contributed by atoms with Gasteiger partial charge in [-0.2, -0.15) is 0 Å². The summed E-state index contributed by atoms with van der Waals surface area (Å²) in [6.07, 6.45) is 0. The summed E-state index contributed by atoms with van der Waals surface area (Å²) in [7, 11) is 1.42.